The smallest absolute Gasteiger partial charge is 0.416 e. The number of nitrogens with two attached hydrogens (primary N) is 1. The Morgan fingerprint density at radius 1 is 0.466 bits per heavy atom. The van der Waals surface area contributed by atoms with Gasteiger partial charge in [0.05, 0.1) is 59.5 Å². The Balaban J connectivity index is 0.000000181. The van der Waals surface area contributed by atoms with Crippen molar-refractivity contribution in [2.24, 2.45) is 34.8 Å². The van der Waals surface area contributed by atoms with E-state index in [1.54, 1.807) is 45.0 Å². The number of carboxylic acid groups (broad SMARTS) is 1. The number of amides is 1. The van der Waals surface area contributed by atoms with Crippen molar-refractivity contribution >= 4 is 75.8 Å². The molecule has 21 nitrogen and oxygen atoms in total. The molecule has 9 atom stereocenters. The van der Waals surface area contributed by atoms with Gasteiger partial charge in [-0.15, -0.1) is 0 Å². The van der Waals surface area contributed by atoms with Crippen LogP contribution in [0.4, 0.5) is 102 Å². The Bertz CT molecular complexity index is 5220. The number of anilines is 7. The predicted molar refractivity (Wildman–Crippen MR) is 475 cm³/mol. The van der Waals surface area contributed by atoms with Gasteiger partial charge in [0.2, 0.25) is 23.4 Å². The number of carbonyl (C=O) groups is 4. The van der Waals surface area contributed by atoms with Crippen LogP contribution in [0.25, 0.3) is 0 Å². The number of halogens is 15. The molecule has 0 saturated carbocycles. The number of hydrogen-bond donors (Lipinski definition) is 5. The number of benzene rings is 5. The van der Waals surface area contributed by atoms with Crippen molar-refractivity contribution in [2.75, 3.05) is 61.7 Å². The lowest BCUT2D eigenvalue weighted by molar-refractivity contribution is -0.138. The fraction of sp³-hybridized carbons (Fsp3) is 0.474. The van der Waals surface area contributed by atoms with E-state index in [4.69, 9.17) is 22.4 Å². The highest BCUT2D eigenvalue weighted by molar-refractivity contribution is 6.31. The first-order chi connectivity index (χ1) is 61.4. The molecule has 4 saturated heterocycles. The van der Waals surface area contributed by atoms with E-state index in [1.807, 2.05) is 79.3 Å². The molecule has 1 amide bonds. The molecule has 36 heteroatoms. The second-order valence-corrected chi connectivity index (χ2v) is 36.7. The van der Waals surface area contributed by atoms with Crippen molar-refractivity contribution in [3.63, 3.8) is 0 Å². The van der Waals surface area contributed by atoms with Crippen LogP contribution in [0.1, 0.15) is 233 Å². The Hall–Kier alpha value is -11.4. The summed E-state index contributed by atoms with van der Waals surface area (Å²) in [6.07, 6.45) is 2.89. The van der Waals surface area contributed by atoms with Gasteiger partial charge in [0, 0.05) is 56.2 Å². The molecule has 9 aromatic rings. The average Bonchev–Trinajstić information content (AvgIpc) is 1.69. The molecule has 4 fully saturated rings. The van der Waals surface area contributed by atoms with Gasteiger partial charge in [-0.05, 0) is 177 Å². The van der Waals surface area contributed by atoms with Crippen LogP contribution in [0, 0.1) is 52.4 Å². The van der Waals surface area contributed by atoms with Gasteiger partial charge in [0.1, 0.15) is 31.4 Å². The van der Waals surface area contributed by atoms with Crippen LogP contribution in [0.2, 0.25) is 5.02 Å². The number of aliphatic carboxylic acids is 1. The number of nitrogens with one attached hydrogen (secondary N) is 3. The third-order valence-electron chi connectivity index (χ3n) is 23.2. The third-order valence-corrected chi connectivity index (χ3v) is 23.5. The molecule has 0 radical (unpaired) electrons. The molecule has 5 aromatic carbocycles. The second kappa shape index (κ2) is 43.3. The highest BCUT2D eigenvalue weighted by atomic mass is 35.5. The highest BCUT2D eigenvalue weighted by Gasteiger charge is 2.41. The molecule has 0 bridgehead atoms. The molecular weight excluding hydrogens is 1750 g/mol. The van der Waals surface area contributed by atoms with Gasteiger partial charge < -0.3 is 46.4 Å². The maximum atomic E-state index is 15.5. The zero-order chi connectivity index (χ0) is 96.1. The van der Waals surface area contributed by atoms with Gasteiger partial charge in [-0.2, -0.15) is 39.5 Å². The van der Waals surface area contributed by atoms with Crippen LogP contribution >= 0.6 is 11.6 Å². The largest absolute Gasteiger partial charge is 0.481 e. The van der Waals surface area contributed by atoms with Crippen molar-refractivity contribution in [3.8, 4) is 0 Å². The van der Waals surface area contributed by atoms with Gasteiger partial charge in [-0.1, -0.05) is 159 Å². The highest BCUT2D eigenvalue weighted by Crippen LogP contribution is 2.47. The zero-order valence-corrected chi connectivity index (χ0v) is 75.9. The first-order valence-corrected chi connectivity index (χ1v) is 43.8. The Morgan fingerprint density at radius 3 is 1.21 bits per heavy atom. The normalized spacial score (nSPS) is 18.4. The van der Waals surface area contributed by atoms with Gasteiger partial charge in [0.25, 0.3) is 11.8 Å². The molecule has 0 spiro atoms. The van der Waals surface area contributed by atoms with Gasteiger partial charge in [-0.3, -0.25) is 19.2 Å². The molecule has 131 heavy (non-hydrogen) atoms. The second-order valence-electron chi connectivity index (χ2n) is 36.3. The number of Topliss-reactive ketones (excluding diaryl/α,β-unsaturated/α-hetero) is 2. The summed E-state index contributed by atoms with van der Waals surface area (Å²) in [5.41, 5.74) is 8.39. The molecule has 13 rings (SSSR count). The zero-order valence-electron chi connectivity index (χ0n) is 75.1. The SMILES string of the molecule is CC(=O)C(CC(C)C)Nc1ncnc(N2CC(C)CC2c2ccc(C(F)(F)F)cc2)c1F.CC(=O)C(CC(C)C)Nc1ncnc(N2CC(C)CC2c2ccc(C(F)(F)F)cc2)c1F.CC(C)(C)CC(Nc1ncnc(N2CCCC2c2ccc(C(C)(F)F)cc2Cl)c1F)C(N)=O.CC(F)(F)c1ccc(C2CCCN2c2ncnc(CCc3ccc(CC(=O)O)cc3)c2F)cc1. The van der Waals surface area contributed by atoms with E-state index in [9.17, 15) is 63.1 Å². The van der Waals surface area contributed by atoms with E-state index >= 15 is 17.6 Å². The Kier molecular flexibility index (Phi) is 33.6. The van der Waals surface area contributed by atoms with Crippen molar-refractivity contribution < 1.29 is 85.8 Å². The summed E-state index contributed by atoms with van der Waals surface area (Å²) in [5, 5.41) is 17.7. The number of primary amides is 1. The van der Waals surface area contributed by atoms with Gasteiger partial charge in [0.15, 0.2) is 58.1 Å². The molecule has 6 N–H and O–H groups in total. The maximum absolute atomic E-state index is 15.5. The van der Waals surface area contributed by atoms with Crippen LogP contribution in [0.5, 0.6) is 0 Å². The Morgan fingerprint density at radius 2 is 0.832 bits per heavy atom. The summed E-state index contributed by atoms with van der Waals surface area (Å²) in [5.74, 6) is -9.12. The summed E-state index contributed by atoms with van der Waals surface area (Å²) >= 11 is 6.35. The molecule has 706 valence electrons. The fourth-order valence-electron chi connectivity index (χ4n) is 16.7. The van der Waals surface area contributed by atoms with Gasteiger partial charge >= 0.3 is 18.3 Å². The molecular formula is C95H111ClF14N16O5. The van der Waals surface area contributed by atoms with Crippen LogP contribution < -0.4 is 41.3 Å². The number of aryl methyl sites for hydroxylation is 2. The van der Waals surface area contributed by atoms with Crippen LogP contribution in [-0.4, -0.2) is 113 Å². The lowest BCUT2D eigenvalue weighted by atomic mass is 9.88. The molecule has 4 aliphatic rings. The number of rotatable bonds is 29. The third kappa shape index (κ3) is 27.2. The summed E-state index contributed by atoms with van der Waals surface area (Å²) in [7, 11) is 0. The van der Waals surface area contributed by atoms with Crippen LogP contribution in [0.15, 0.2) is 141 Å². The van der Waals surface area contributed by atoms with E-state index in [2.05, 4.69) is 55.8 Å². The number of hydrogen-bond acceptors (Lipinski definition) is 19. The van der Waals surface area contributed by atoms with Crippen LogP contribution in [-0.2, 0) is 62.6 Å². The molecule has 8 heterocycles. The van der Waals surface area contributed by atoms with E-state index in [0.29, 0.717) is 105 Å². The van der Waals surface area contributed by atoms with Crippen LogP contribution in [0.3, 0.4) is 0 Å². The monoisotopic (exact) mass is 1860 g/mol. The lowest BCUT2D eigenvalue weighted by Gasteiger charge is -2.29. The standard InChI is InChI=1S/C26H26F3N3O2.C23H29ClF3N5O.2C23H28F4N4O/c1-26(28,29)20-11-9-19(10-12-20)22-3-2-14-32(22)25-24(27)21(30-16-31-25)13-8-17-4-6-18(7-5-17)15-23(33)34;1-22(2,3)11-16(19(28)33)31-20-18(25)21(30-12-29-20)32-9-5-6-17(32)14-8-7-13(10-15(14)24)23(4,26)27;2*1-13(2)9-18(15(4)32)30-21-20(24)22(29-12-28-21)31-11-14(3)10-19(31)16-5-7-17(8-6-16)23(25,26)27/h4-7,9-12,16,22H,2-3,8,13-15H2,1H3,(H,33,34);7-8,10,12,16-17H,5-6,9,11H2,1-4H3,(H2,28,33)(H,29,30,31);2*5-8,12-14,18-19H,9-11H2,1-4H3,(H,28,29,30). The first-order valence-electron chi connectivity index (χ1n) is 43.4. The Labute approximate surface area is 758 Å². The first kappa shape index (κ1) is 102. The number of carboxylic acids is 1. The number of aromatic nitrogens is 8. The predicted octanol–water partition coefficient (Wildman–Crippen LogP) is 22.2. The lowest BCUT2D eigenvalue weighted by Crippen LogP contribution is -2.39. The minimum Gasteiger partial charge on any atom is -0.481 e. The molecule has 4 aliphatic heterocycles. The van der Waals surface area contributed by atoms with E-state index in [-0.39, 0.29) is 128 Å². The average molecular weight is 1860 g/mol. The summed E-state index contributed by atoms with van der Waals surface area (Å²) in [6, 6.07) is 24.4. The number of ketones is 2. The van der Waals surface area contributed by atoms with E-state index < -0.39 is 88.6 Å². The van der Waals surface area contributed by atoms with Gasteiger partial charge in [-0.25, -0.2) is 61.8 Å². The summed E-state index contributed by atoms with van der Waals surface area (Å²) < 4.78 is 194. The molecule has 4 aromatic heterocycles. The summed E-state index contributed by atoms with van der Waals surface area (Å²) in [4.78, 5) is 86.6. The molecule has 9 unspecified atom stereocenters. The summed E-state index contributed by atoms with van der Waals surface area (Å²) in [6.45, 7) is 24.4. The topological polar surface area (TPSA) is 267 Å². The minimum atomic E-state index is -4.41. The number of nitrogens with zero attached hydrogens (tertiary/aromatic N) is 12. The number of carbonyl (C=O) groups excluding carboxylic acids is 3. The van der Waals surface area contributed by atoms with Crippen molar-refractivity contribution in [1.82, 2.24) is 39.9 Å². The minimum absolute atomic E-state index is 0.0369. The van der Waals surface area contributed by atoms with Crippen molar-refractivity contribution in [1.29, 1.82) is 0 Å². The molecule has 0 aliphatic carbocycles. The van der Waals surface area contributed by atoms with E-state index in [1.165, 1.54) is 87.7 Å². The quantitative estimate of drug-likeness (QED) is 0.0273. The fourth-order valence-corrected chi connectivity index (χ4v) is 17.0. The van der Waals surface area contributed by atoms with Crippen molar-refractivity contribution in [3.05, 3.63) is 230 Å². The van der Waals surface area contributed by atoms with Crippen molar-refractivity contribution in [2.45, 2.75) is 234 Å². The van der Waals surface area contributed by atoms with E-state index in [0.717, 1.165) is 68.5 Å². The maximum Gasteiger partial charge on any atom is 0.416 e. The number of alkyl halides is 10.